The SMILES string of the molecule is C[C@H](O)CNC(=S)NC(c1ccccc1)(c1ccccc1)c1ccccc1. The highest BCUT2D eigenvalue weighted by atomic mass is 32.1. The third-order valence-electron chi connectivity index (χ3n) is 4.48. The normalized spacial score (nSPS) is 12.2. The van der Waals surface area contributed by atoms with Gasteiger partial charge in [0, 0.05) is 6.54 Å². The van der Waals surface area contributed by atoms with Gasteiger partial charge in [-0.3, -0.25) is 0 Å². The van der Waals surface area contributed by atoms with Gasteiger partial charge in [0.05, 0.1) is 6.10 Å². The van der Waals surface area contributed by atoms with Crippen molar-refractivity contribution in [3.05, 3.63) is 108 Å². The molecule has 0 radical (unpaired) electrons. The highest BCUT2D eigenvalue weighted by Crippen LogP contribution is 2.36. The first-order valence-corrected chi connectivity index (χ1v) is 9.44. The lowest BCUT2D eigenvalue weighted by atomic mass is 9.77. The topological polar surface area (TPSA) is 44.3 Å². The summed E-state index contributed by atoms with van der Waals surface area (Å²) in [6.07, 6.45) is -0.482. The van der Waals surface area contributed by atoms with E-state index in [2.05, 4.69) is 47.0 Å². The number of rotatable bonds is 6. The highest BCUT2D eigenvalue weighted by Gasteiger charge is 2.36. The number of hydrogen-bond acceptors (Lipinski definition) is 2. The lowest BCUT2D eigenvalue weighted by molar-refractivity contribution is 0.197. The summed E-state index contributed by atoms with van der Waals surface area (Å²) in [6, 6.07) is 30.8. The predicted octanol–water partition coefficient (Wildman–Crippen LogP) is 3.82. The third kappa shape index (κ3) is 4.35. The molecule has 4 heteroatoms. The van der Waals surface area contributed by atoms with Crippen molar-refractivity contribution in [2.24, 2.45) is 0 Å². The van der Waals surface area contributed by atoms with Crippen LogP contribution in [0.4, 0.5) is 0 Å². The number of benzene rings is 3. The zero-order chi connectivity index (χ0) is 19.1. The number of nitrogens with one attached hydrogen (secondary N) is 2. The molecule has 0 aromatic heterocycles. The molecule has 3 aromatic rings. The largest absolute Gasteiger partial charge is 0.392 e. The van der Waals surface area contributed by atoms with E-state index in [0.717, 1.165) is 16.7 Å². The Kier molecular flexibility index (Phi) is 6.22. The molecule has 27 heavy (non-hydrogen) atoms. The Morgan fingerprint density at radius 1 is 0.815 bits per heavy atom. The fourth-order valence-electron chi connectivity index (χ4n) is 3.24. The molecule has 3 aromatic carbocycles. The van der Waals surface area contributed by atoms with Crippen LogP contribution in [0.15, 0.2) is 91.0 Å². The van der Waals surface area contributed by atoms with E-state index in [1.54, 1.807) is 6.92 Å². The molecule has 0 bridgehead atoms. The second-order valence-electron chi connectivity index (χ2n) is 6.53. The molecule has 3 nitrogen and oxygen atoms in total. The second-order valence-corrected chi connectivity index (χ2v) is 6.94. The van der Waals surface area contributed by atoms with Crippen molar-refractivity contribution in [1.29, 1.82) is 0 Å². The first kappa shape index (κ1) is 19.1. The molecule has 1 atom stereocenters. The van der Waals surface area contributed by atoms with E-state index in [1.807, 2.05) is 54.6 Å². The molecule has 0 heterocycles. The van der Waals surface area contributed by atoms with Crippen molar-refractivity contribution in [1.82, 2.24) is 10.6 Å². The van der Waals surface area contributed by atoms with Gasteiger partial charge in [-0.2, -0.15) is 0 Å². The summed E-state index contributed by atoms with van der Waals surface area (Å²) < 4.78 is 0. The van der Waals surface area contributed by atoms with Crippen LogP contribution in [0.25, 0.3) is 0 Å². The van der Waals surface area contributed by atoms with Crippen LogP contribution >= 0.6 is 12.2 Å². The summed E-state index contributed by atoms with van der Waals surface area (Å²) in [6.45, 7) is 2.12. The lowest BCUT2D eigenvalue weighted by Gasteiger charge is -2.38. The Morgan fingerprint density at radius 3 is 1.52 bits per heavy atom. The Balaban J connectivity index is 2.15. The Hall–Kier alpha value is -2.69. The van der Waals surface area contributed by atoms with Gasteiger partial charge < -0.3 is 15.7 Å². The maximum atomic E-state index is 9.60. The average molecular weight is 377 g/mol. The first-order valence-electron chi connectivity index (χ1n) is 9.03. The van der Waals surface area contributed by atoms with E-state index in [9.17, 15) is 5.11 Å². The van der Waals surface area contributed by atoms with Crippen molar-refractivity contribution in [3.63, 3.8) is 0 Å². The van der Waals surface area contributed by atoms with Gasteiger partial charge in [-0.15, -0.1) is 0 Å². The zero-order valence-corrected chi connectivity index (χ0v) is 16.1. The van der Waals surface area contributed by atoms with E-state index in [1.165, 1.54) is 0 Å². The summed E-state index contributed by atoms with van der Waals surface area (Å²) in [4.78, 5) is 0. The van der Waals surface area contributed by atoms with Crippen LogP contribution in [-0.2, 0) is 5.54 Å². The molecule has 0 amide bonds. The van der Waals surface area contributed by atoms with Crippen LogP contribution in [0.3, 0.4) is 0 Å². The van der Waals surface area contributed by atoms with Gasteiger partial charge in [-0.1, -0.05) is 91.0 Å². The van der Waals surface area contributed by atoms with Gasteiger partial charge in [0.25, 0.3) is 0 Å². The fourth-order valence-corrected chi connectivity index (χ4v) is 3.47. The van der Waals surface area contributed by atoms with Crippen LogP contribution in [0.5, 0.6) is 0 Å². The average Bonchev–Trinajstić information content (AvgIpc) is 2.72. The minimum Gasteiger partial charge on any atom is -0.392 e. The standard InChI is InChI=1S/C23H24N2OS/c1-18(26)17-24-22(27)25-23(19-11-5-2-6-12-19,20-13-7-3-8-14-20)21-15-9-4-10-16-21/h2-16,18,26H,17H2,1H3,(H2,24,25,27)/t18-/m0/s1. The van der Waals surface area contributed by atoms with Crippen LogP contribution in [0.2, 0.25) is 0 Å². The first-order chi connectivity index (χ1) is 13.1. The fraction of sp³-hybridized carbons (Fsp3) is 0.174. The van der Waals surface area contributed by atoms with Crippen molar-refractivity contribution in [3.8, 4) is 0 Å². The predicted molar refractivity (Wildman–Crippen MR) is 115 cm³/mol. The van der Waals surface area contributed by atoms with E-state index in [4.69, 9.17) is 12.2 Å². The highest BCUT2D eigenvalue weighted by molar-refractivity contribution is 7.80. The summed E-state index contributed by atoms with van der Waals surface area (Å²) in [5.41, 5.74) is 2.61. The molecule has 3 rings (SSSR count). The van der Waals surface area contributed by atoms with Crippen LogP contribution < -0.4 is 10.6 Å². The van der Waals surface area contributed by atoms with E-state index in [0.29, 0.717) is 11.7 Å². The van der Waals surface area contributed by atoms with Crippen molar-refractivity contribution < 1.29 is 5.11 Å². The quantitative estimate of drug-likeness (QED) is 0.452. The Morgan fingerprint density at radius 2 is 1.19 bits per heavy atom. The molecule has 0 aliphatic heterocycles. The van der Waals surface area contributed by atoms with Crippen molar-refractivity contribution in [2.75, 3.05) is 6.54 Å². The van der Waals surface area contributed by atoms with Crippen LogP contribution in [0.1, 0.15) is 23.6 Å². The molecule has 138 valence electrons. The number of hydrogen-bond donors (Lipinski definition) is 3. The second kappa shape index (κ2) is 8.80. The molecular formula is C23H24N2OS. The number of aliphatic hydroxyl groups is 1. The molecule has 0 aliphatic carbocycles. The summed E-state index contributed by atoms with van der Waals surface area (Å²) in [7, 11) is 0. The molecular weight excluding hydrogens is 352 g/mol. The molecule has 0 aliphatic rings. The Bertz CT molecular complexity index is 755. The third-order valence-corrected chi connectivity index (χ3v) is 4.73. The zero-order valence-electron chi connectivity index (χ0n) is 15.3. The number of aliphatic hydroxyl groups excluding tert-OH is 1. The lowest BCUT2D eigenvalue weighted by Crippen LogP contribution is -2.52. The van der Waals surface area contributed by atoms with Gasteiger partial charge in [-0.05, 0) is 35.8 Å². The molecule has 0 fully saturated rings. The van der Waals surface area contributed by atoms with Crippen molar-refractivity contribution in [2.45, 2.75) is 18.6 Å². The monoisotopic (exact) mass is 376 g/mol. The molecule has 3 N–H and O–H groups in total. The van der Waals surface area contributed by atoms with E-state index < -0.39 is 11.6 Å². The summed E-state index contributed by atoms with van der Waals surface area (Å²) in [5.74, 6) is 0. The van der Waals surface area contributed by atoms with Crippen LogP contribution in [0, 0.1) is 0 Å². The number of thiocarbonyl (C=S) groups is 1. The molecule has 0 unspecified atom stereocenters. The summed E-state index contributed by atoms with van der Waals surface area (Å²) >= 11 is 5.59. The molecule has 0 saturated carbocycles. The summed E-state index contributed by atoms with van der Waals surface area (Å²) in [5, 5.41) is 16.8. The van der Waals surface area contributed by atoms with Gasteiger partial charge in [0.15, 0.2) is 5.11 Å². The minimum atomic E-state index is -0.646. The minimum absolute atomic E-state index is 0.389. The Labute approximate surface area is 166 Å². The van der Waals surface area contributed by atoms with Gasteiger partial charge >= 0.3 is 0 Å². The smallest absolute Gasteiger partial charge is 0.167 e. The maximum Gasteiger partial charge on any atom is 0.167 e. The van der Waals surface area contributed by atoms with Crippen LogP contribution in [-0.4, -0.2) is 22.9 Å². The maximum absolute atomic E-state index is 9.60. The molecule has 0 spiro atoms. The van der Waals surface area contributed by atoms with E-state index >= 15 is 0 Å². The van der Waals surface area contributed by atoms with Gasteiger partial charge in [0.1, 0.15) is 5.54 Å². The van der Waals surface area contributed by atoms with Crippen molar-refractivity contribution >= 4 is 17.3 Å². The van der Waals surface area contributed by atoms with Gasteiger partial charge in [0.2, 0.25) is 0 Å². The van der Waals surface area contributed by atoms with E-state index in [-0.39, 0.29) is 0 Å². The van der Waals surface area contributed by atoms with Gasteiger partial charge in [-0.25, -0.2) is 0 Å². The molecule has 0 saturated heterocycles.